The number of anilines is 5. The molecule has 2 atom stereocenters. The molecule has 0 bridgehead atoms. The number of hydrogen-bond acceptors (Lipinski definition) is 2. The van der Waals surface area contributed by atoms with Gasteiger partial charge in [0.1, 0.15) is 0 Å². The highest BCUT2D eigenvalue weighted by Crippen LogP contribution is 2.45. The fraction of sp³-hybridized carbons (Fsp3) is 0.143. The predicted octanol–water partition coefficient (Wildman–Crippen LogP) is 8.81. The molecule has 9 rings (SSSR count). The van der Waals surface area contributed by atoms with Crippen LogP contribution in [0.4, 0.5) is 28.4 Å². The van der Waals surface area contributed by atoms with Crippen molar-refractivity contribution >= 4 is 51.5 Å². The number of para-hydroxylation sites is 2. The first-order chi connectivity index (χ1) is 22.3. The number of benzene rings is 5. The molecule has 2 nitrogen and oxygen atoms in total. The van der Waals surface area contributed by atoms with Crippen LogP contribution in [0.25, 0.3) is 11.1 Å². The Labute approximate surface area is 266 Å². The number of allylic oxidation sites excluding steroid dienone is 4. The molecule has 4 aliphatic rings. The molecule has 0 amide bonds. The second-order valence-corrected chi connectivity index (χ2v) is 12.7. The summed E-state index contributed by atoms with van der Waals surface area (Å²) >= 11 is 0. The van der Waals surface area contributed by atoms with Crippen molar-refractivity contribution in [1.29, 1.82) is 0 Å². The fourth-order valence-corrected chi connectivity index (χ4v) is 8.11. The van der Waals surface area contributed by atoms with E-state index < -0.39 is 0 Å². The zero-order valence-electron chi connectivity index (χ0n) is 25.4. The molecule has 0 aromatic heterocycles. The van der Waals surface area contributed by atoms with Crippen molar-refractivity contribution in [2.45, 2.75) is 37.6 Å². The summed E-state index contributed by atoms with van der Waals surface area (Å²) in [6, 6.07) is 43.5. The van der Waals surface area contributed by atoms with Crippen molar-refractivity contribution in [2.75, 3.05) is 9.80 Å². The Balaban J connectivity index is 1.36. The van der Waals surface area contributed by atoms with Gasteiger partial charge in [0.05, 0.1) is 6.04 Å². The highest BCUT2D eigenvalue weighted by Gasteiger charge is 2.44. The fourth-order valence-electron chi connectivity index (χ4n) is 8.11. The highest BCUT2D eigenvalue weighted by molar-refractivity contribution is 7.00. The summed E-state index contributed by atoms with van der Waals surface area (Å²) in [5, 5.41) is 0. The zero-order chi connectivity index (χ0) is 29.7. The minimum Gasteiger partial charge on any atom is -0.335 e. The first-order valence-corrected chi connectivity index (χ1v) is 16.4. The van der Waals surface area contributed by atoms with Crippen molar-refractivity contribution in [2.24, 2.45) is 0 Å². The predicted molar refractivity (Wildman–Crippen MR) is 192 cm³/mol. The lowest BCUT2D eigenvalue weighted by atomic mass is 9.33. The average Bonchev–Trinajstić information content (AvgIpc) is 3.12. The molecule has 2 aliphatic heterocycles. The summed E-state index contributed by atoms with van der Waals surface area (Å²) in [6.07, 6.45) is 18.4. The Morgan fingerprint density at radius 3 is 2.16 bits per heavy atom. The smallest absolute Gasteiger partial charge is 0.252 e. The monoisotopic (exact) mass is 578 g/mol. The summed E-state index contributed by atoms with van der Waals surface area (Å²) in [5.41, 5.74) is 14.6. The Morgan fingerprint density at radius 2 is 1.36 bits per heavy atom. The van der Waals surface area contributed by atoms with E-state index in [2.05, 4.69) is 162 Å². The van der Waals surface area contributed by atoms with E-state index in [0.29, 0.717) is 5.92 Å². The Morgan fingerprint density at radius 1 is 0.578 bits per heavy atom. The van der Waals surface area contributed by atoms with Crippen LogP contribution in [0.5, 0.6) is 0 Å². The summed E-state index contributed by atoms with van der Waals surface area (Å²) in [4.78, 5) is 5.18. The molecule has 0 saturated carbocycles. The molecule has 0 N–H and O–H groups in total. The van der Waals surface area contributed by atoms with Crippen LogP contribution in [-0.4, -0.2) is 12.8 Å². The van der Waals surface area contributed by atoms with Crippen LogP contribution in [0.2, 0.25) is 0 Å². The summed E-state index contributed by atoms with van der Waals surface area (Å²) in [5.74, 6) is 0.573. The van der Waals surface area contributed by atoms with Crippen molar-refractivity contribution in [3.63, 3.8) is 0 Å². The van der Waals surface area contributed by atoms with Gasteiger partial charge in [-0.2, -0.15) is 0 Å². The van der Waals surface area contributed by atoms with Crippen molar-refractivity contribution < 1.29 is 0 Å². The van der Waals surface area contributed by atoms with Gasteiger partial charge in [0.25, 0.3) is 6.71 Å². The maximum absolute atomic E-state index is 2.68. The molecular formula is C42H35BN2. The molecule has 216 valence electrons. The van der Waals surface area contributed by atoms with E-state index in [1.165, 1.54) is 74.4 Å². The van der Waals surface area contributed by atoms with Crippen LogP contribution in [0.15, 0.2) is 152 Å². The number of rotatable bonds is 4. The lowest BCUT2D eigenvalue weighted by Gasteiger charge is -2.46. The van der Waals surface area contributed by atoms with E-state index in [0.717, 1.165) is 12.8 Å². The van der Waals surface area contributed by atoms with Crippen LogP contribution >= 0.6 is 0 Å². The van der Waals surface area contributed by atoms with Crippen LogP contribution in [0.1, 0.15) is 37.2 Å². The maximum atomic E-state index is 2.68. The lowest BCUT2D eigenvalue weighted by molar-refractivity contribution is 0.617. The van der Waals surface area contributed by atoms with Crippen molar-refractivity contribution in [3.05, 3.63) is 157 Å². The number of nitrogens with zero attached hydrogens (tertiary/aromatic N) is 2. The minimum atomic E-state index is 0.158. The minimum absolute atomic E-state index is 0.158. The molecule has 2 aliphatic carbocycles. The van der Waals surface area contributed by atoms with Crippen molar-refractivity contribution in [3.8, 4) is 11.1 Å². The summed E-state index contributed by atoms with van der Waals surface area (Å²) < 4.78 is 0. The Kier molecular flexibility index (Phi) is 6.37. The van der Waals surface area contributed by atoms with Gasteiger partial charge in [-0.25, -0.2) is 0 Å². The van der Waals surface area contributed by atoms with E-state index >= 15 is 0 Å². The molecule has 3 heteroatoms. The SMILES string of the molecule is C1=CCC(N2c3cc(C4CC=CCC4)ccc3B3c4ccccc4N(c4ccccc4)c4cc(-c5ccccc5)cc2c43)C=C1. The topological polar surface area (TPSA) is 6.48 Å². The first-order valence-electron chi connectivity index (χ1n) is 16.4. The Hall–Kier alpha value is -5.02. The van der Waals surface area contributed by atoms with Crippen LogP contribution in [0.3, 0.4) is 0 Å². The lowest BCUT2D eigenvalue weighted by Crippen LogP contribution is -2.62. The number of hydrogen-bond donors (Lipinski definition) is 0. The van der Waals surface area contributed by atoms with Gasteiger partial charge in [0.15, 0.2) is 0 Å². The van der Waals surface area contributed by atoms with Gasteiger partial charge in [-0.15, -0.1) is 0 Å². The molecule has 0 radical (unpaired) electrons. The summed E-state index contributed by atoms with van der Waals surface area (Å²) in [7, 11) is 0. The zero-order valence-corrected chi connectivity index (χ0v) is 25.4. The molecule has 0 saturated heterocycles. The van der Waals surface area contributed by atoms with E-state index in [1.807, 2.05) is 0 Å². The van der Waals surface area contributed by atoms with Crippen molar-refractivity contribution in [1.82, 2.24) is 0 Å². The largest absolute Gasteiger partial charge is 0.335 e. The van der Waals surface area contributed by atoms with E-state index in [1.54, 1.807) is 0 Å². The molecular weight excluding hydrogens is 543 g/mol. The van der Waals surface area contributed by atoms with Gasteiger partial charge in [0.2, 0.25) is 0 Å². The molecule has 0 spiro atoms. The second kappa shape index (κ2) is 10.9. The standard InChI is InChI=1S/C42H35BN2/c1-5-15-30(16-6-1)32-25-26-37-39(27-32)45(35-21-11-4-12-22-35)41-29-33(31-17-7-2-8-18-31)28-40-42(41)43(37)36-23-13-14-24-38(36)44(40)34-19-9-3-10-20-34/h1-5,7-14,17-21,23-30,35H,6,15-16,22H2. The van der Waals surface area contributed by atoms with Gasteiger partial charge in [-0.3, -0.25) is 0 Å². The molecule has 0 fully saturated rings. The third-order valence-electron chi connectivity index (χ3n) is 10.2. The second-order valence-electron chi connectivity index (χ2n) is 12.7. The highest BCUT2D eigenvalue weighted by atomic mass is 15.2. The quantitative estimate of drug-likeness (QED) is 0.152. The molecule has 5 aromatic rings. The van der Waals surface area contributed by atoms with Gasteiger partial charge in [0, 0.05) is 28.4 Å². The molecule has 2 unspecified atom stereocenters. The third kappa shape index (κ3) is 4.33. The van der Waals surface area contributed by atoms with Crippen LogP contribution in [-0.2, 0) is 0 Å². The molecule has 2 heterocycles. The van der Waals surface area contributed by atoms with Gasteiger partial charge in [-0.05, 0) is 101 Å². The summed E-state index contributed by atoms with van der Waals surface area (Å²) in [6.45, 7) is 0.158. The Bertz CT molecular complexity index is 1990. The molecule has 45 heavy (non-hydrogen) atoms. The van der Waals surface area contributed by atoms with E-state index in [4.69, 9.17) is 0 Å². The van der Waals surface area contributed by atoms with Crippen LogP contribution < -0.4 is 26.2 Å². The maximum Gasteiger partial charge on any atom is 0.252 e. The van der Waals surface area contributed by atoms with E-state index in [9.17, 15) is 0 Å². The normalized spacial score (nSPS) is 19.2. The third-order valence-corrected chi connectivity index (χ3v) is 10.2. The van der Waals surface area contributed by atoms with Gasteiger partial charge in [-0.1, -0.05) is 115 Å². The number of fused-ring (bicyclic) bond motifs is 4. The van der Waals surface area contributed by atoms with Crippen LogP contribution in [0, 0.1) is 0 Å². The van der Waals surface area contributed by atoms with E-state index in [-0.39, 0.29) is 12.8 Å². The van der Waals surface area contributed by atoms with Gasteiger partial charge >= 0.3 is 0 Å². The van der Waals surface area contributed by atoms with Gasteiger partial charge < -0.3 is 9.80 Å². The molecule has 5 aromatic carbocycles. The first kappa shape index (κ1) is 26.4. The average molecular weight is 579 g/mol.